The molecule has 1 N–H and O–H groups in total. The number of carbonyl (C=O) groups is 1. The zero-order chi connectivity index (χ0) is 23.8. The summed E-state index contributed by atoms with van der Waals surface area (Å²) in [5.41, 5.74) is 3.63. The molecule has 8 heteroatoms. The summed E-state index contributed by atoms with van der Waals surface area (Å²) in [7, 11) is 0. The van der Waals surface area contributed by atoms with Gasteiger partial charge >= 0.3 is 0 Å². The topological polar surface area (TPSA) is 82.0 Å². The molecule has 1 unspecified atom stereocenters. The lowest BCUT2D eigenvalue weighted by Gasteiger charge is -2.13. The van der Waals surface area contributed by atoms with Crippen LogP contribution in [0.4, 0.5) is 0 Å². The lowest BCUT2D eigenvalue weighted by atomic mass is 10.1. The zero-order valence-electron chi connectivity index (χ0n) is 19.0. The van der Waals surface area contributed by atoms with Crippen LogP contribution < -0.4 is 9.47 Å². The van der Waals surface area contributed by atoms with E-state index < -0.39 is 0 Å². The average Bonchev–Trinajstić information content (AvgIpc) is 3.63. The molecule has 35 heavy (non-hydrogen) atoms. The van der Waals surface area contributed by atoms with Gasteiger partial charge in [0.25, 0.3) is 0 Å². The first-order valence-corrected chi connectivity index (χ1v) is 12.2. The molecule has 1 atom stereocenters. The first-order chi connectivity index (χ1) is 17.2. The molecule has 0 bridgehead atoms. The molecule has 174 valence electrons. The number of carbonyl (C=O) groups excluding carboxylic acids is 1. The highest BCUT2D eigenvalue weighted by Gasteiger charge is 2.24. The van der Waals surface area contributed by atoms with Gasteiger partial charge in [0.2, 0.25) is 6.79 Å². The van der Waals surface area contributed by atoms with Gasteiger partial charge in [-0.25, -0.2) is 0 Å². The van der Waals surface area contributed by atoms with Crippen LogP contribution >= 0.6 is 11.8 Å². The van der Waals surface area contributed by atoms with Gasteiger partial charge in [0.15, 0.2) is 28.3 Å². The summed E-state index contributed by atoms with van der Waals surface area (Å²) >= 11 is 1.42. The largest absolute Gasteiger partial charge is 0.454 e. The van der Waals surface area contributed by atoms with Crippen molar-refractivity contribution in [1.82, 2.24) is 19.7 Å². The molecular formula is C27H22N4O3S. The lowest BCUT2D eigenvalue weighted by molar-refractivity contribution is 0.0995. The van der Waals surface area contributed by atoms with Crippen LogP contribution in [0.15, 0.2) is 84.1 Å². The smallest absolute Gasteiger partial charge is 0.231 e. The standard InChI is InChI=1S/C27H22N4O3S/c1-17(25(32)21-14-28-22-10-6-5-9-20(21)22)35-27-30-29-26(19-7-3-2-4-8-19)31(27)15-18-11-12-23-24(13-18)34-16-33-23/h2-14,17,28H,15-16H2,1H3. The van der Waals surface area contributed by atoms with Crippen LogP contribution in [0.3, 0.4) is 0 Å². The summed E-state index contributed by atoms with van der Waals surface area (Å²) in [5, 5.41) is 10.2. The Balaban J connectivity index is 1.33. The Hall–Kier alpha value is -4.04. The monoisotopic (exact) mass is 482 g/mol. The minimum atomic E-state index is -0.350. The van der Waals surface area contributed by atoms with Crippen molar-refractivity contribution in [3.63, 3.8) is 0 Å². The number of benzene rings is 3. The number of Topliss-reactive ketones (excluding diaryl/α,β-unsaturated/α-hetero) is 1. The van der Waals surface area contributed by atoms with Crippen molar-refractivity contribution in [1.29, 1.82) is 0 Å². The third-order valence-corrected chi connectivity index (χ3v) is 7.11. The number of hydrogen-bond acceptors (Lipinski definition) is 6. The van der Waals surface area contributed by atoms with Crippen LogP contribution in [0.2, 0.25) is 0 Å². The maximum Gasteiger partial charge on any atom is 0.231 e. The Morgan fingerprint density at radius 2 is 1.83 bits per heavy atom. The molecule has 0 spiro atoms. The minimum absolute atomic E-state index is 0.0475. The van der Waals surface area contributed by atoms with E-state index in [9.17, 15) is 4.79 Å². The van der Waals surface area contributed by atoms with Crippen LogP contribution in [0.25, 0.3) is 22.3 Å². The second-order valence-electron chi connectivity index (χ2n) is 8.32. The SMILES string of the molecule is CC(Sc1nnc(-c2ccccc2)n1Cc1ccc2c(c1)OCO2)C(=O)c1c[nH]c2ccccc12. The number of hydrogen-bond donors (Lipinski definition) is 1. The van der Waals surface area contributed by atoms with E-state index >= 15 is 0 Å². The molecule has 5 aromatic rings. The first-order valence-electron chi connectivity index (χ1n) is 11.3. The van der Waals surface area contributed by atoms with Gasteiger partial charge < -0.3 is 14.5 Å². The van der Waals surface area contributed by atoms with E-state index in [-0.39, 0.29) is 17.8 Å². The summed E-state index contributed by atoms with van der Waals surface area (Å²) in [6, 6.07) is 23.7. The maximum atomic E-state index is 13.4. The number of thioether (sulfide) groups is 1. The van der Waals surface area contributed by atoms with Crippen LogP contribution in [0.5, 0.6) is 11.5 Å². The Bertz CT molecular complexity index is 1530. The van der Waals surface area contributed by atoms with E-state index in [1.54, 1.807) is 6.20 Å². The van der Waals surface area contributed by atoms with Crippen LogP contribution in [0.1, 0.15) is 22.8 Å². The van der Waals surface area contributed by atoms with Gasteiger partial charge in [-0.2, -0.15) is 0 Å². The number of aromatic amines is 1. The lowest BCUT2D eigenvalue weighted by Crippen LogP contribution is -2.15. The van der Waals surface area contributed by atoms with Crippen molar-refractivity contribution in [2.24, 2.45) is 0 Å². The summed E-state index contributed by atoms with van der Waals surface area (Å²) in [6.07, 6.45) is 1.79. The number of aromatic nitrogens is 4. The molecule has 0 aliphatic carbocycles. The van der Waals surface area contributed by atoms with E-state index in [4.69, 9.17) is 9.47 Å². The molecule has 3 heterocycles. The second-order valence-corrected chi connectivity index (χ2v) is 9.63. The molecule has 6 rings (SSSR count). The molecule has 0 radical (unpaired) electrons. The highest BCUT2D eigenvalue weighted by molar-refractivity contribution is 8.00. The number of nitrogens with zero attached hydrogens (tertiary/aromatic N) is 3. The van der Waals surface area contributed by atoms with E-state index in [1.165, 1.54) is 11.8 Å². The van der Waals surface area contributed by atoms with Gasteiger partial charge in [-0.05, 0) is 30.7 Å². The second kappa shape index (κ2) is 8.96. The minimum Gasteiger partial charge on any atom is -0.454 e. The number of H-pyrrole nitrogens is 1. The van der Waals surface area contributed by atoms with E-state index in [1.807, 2.05) is 79.7 Å². The van der Waals surface area contributed by atoms with Crippen molar-refractivity contribution in [2.45, 2.75) is 23.9 Å². The van der Waals surface area contributed by atoms with Crippen molar-refractivity contribution in [3.8, 4) is 22.9 Å². The predicted molar refractivity (Wildman–Crippen MR) is 135 cm³/mol. The third kappa shape index (κ3) is 4.06. The van der Waals surface area contributed by atoms with Crippen molar-refractivity contribution in [2.75, 3.05) is 6.79 Å². The summed E-state index contributed by atoms with van der Waals surface area (Å²) in [5.74, 6) is 2.27. The van der Waals surface area contributed by atoms with E-state index in [0.29, 0.717) is 17.3 Å². The first kappa shape index (κ1) is 21.5. The molecule has 7 nitrogen and oxygen atoms in total. The summed E-state index contributed by atoms with van der Waals surface area (Å²) in [4.78, 5) is 16.6. The molecule has 0 amide bonds. The van der Waals surface area contributed by atoms with Gasteiger partial charge in [-0.1, -0.05) is 66.4 Å². The molecule has 0 saturated heterocycles. The number of rotatable bonds is 7. The van der Waals surface area contributed by atoms with Crippen LogP contribution in [-0.2, 0) is 6.54 Å². The molecule has 3 aromatic carbocycles. The van der Waals surface area contributed by atoms with Gasteiger partial charge in [0.05, 0.1) is 11.8 Å². The van der Waals surface area contributed by atoms with Crippen molar-refractivity contribution < 1.29 is 14.3 Å². The fourth-order valence-electron chi connectivity index (χ4n) is 4.25. The van der Waals surface area contributed by atoms with E-state index in [0.717, 1.165) is 39.4 Å². The van der Waals surface area contributed by atoms with Gasteiger partial charge in [0, 0.05) is 28.2 Å². The van der Waals surface area contributed by atoms with Crippen molar-refractivity contribution in [3.05, 3.63) is 90.1 Å². The molecule has 1 aliphatic rings. The Morgan fingerprint density at radius 1 is 1.03 bits per heavy atom. The number of fused-ring (bicyclic) bond motifs is 2. The number of nitrogens with one attached hydrogen (secondary N) is 1. The number of ketones is 1. The molecule has 0 fully saturated rings. The zero-order valence-corrected chi connectivity index (χ0v) is 19.8. The van der Waals surface area contributed by atoms with Gasteiger partial charge in [-0.15, -0.1) is 10.2 Å². The average molecular weight is 483 g/mol. The van der Waals surface area contributed by atoms with E-state index in [2.05, 4.69) is 19.7 Å². The van der Waals surface area contributed by atoms with Crippen LogP contribution in [0, 0.1) is 0 Å². The van der Waals surface area contributed by atoms with Gasteiger partial charge in [0.1, 0.15) is 0 Å². The summed E-state index contributed by atoms with van der Waals surface area (Å²) in [6.45, 7) is 2.68. The Kier molecular flexibility index (Phi) is 5.50. The highest BCUT2D eigenvalue weighted by atomic mass is 32.2. The molecule has 1 aliphatic heterocycles. The fourth-order valence-corrected chi connectivity index (χ4v) is 5.16. The number of para-hydroxylation sites is 1. The number of ether oxygens (including phenoxy) is 2. The molecule has 2 aromatic heterocycles. The van der Waals surface area contributed by atoms with Gasteiger partial charge in [-0.3, -0.25) is 9.36 Å². The highest BCUT2D eigenvalue weighted by Crippen LogP contribution is 2.34. The molecular weight excluding hydrogens is 460 g/mol. The Labute approximate surface area is 206 Å². The quantitative estimate of drug-likeness (QED) is 0.241. The Morgan fingerprint density at radius 3 is 2.71 bits per heavy atom. The summed E-state index contributed by atoms with van der Waals surface area (Å²) < 4.78 is 13.1. The van der Waals surface area contributed by atoms with Crippen molar-refractivity contribution >= 4 is 28.4 Å². The third-order valence-electron chi connectivity index (χ3n) is 6.03. The maximum absolute atomic E-state index is 13.4. The molecule has 0 saturated carbocycles. The fraction of sp³-hybridized carbons (Fsp3) is 0.148. The normalized spacial score (nSPS) is 13.3. The van der Waals surface area contributed by atoms with Crippen LogP contribution in [-0.4, -0.2) is 37.6 Å². The predicted octanol–water partition coefficient (Wildman–Crippen LogP) is 5.57.